The zero-order valence-electron chi connectivity index (χ0n) is 10.0. The van der Waals surface area contributed by atoms with E-state index in [2.05, 4.69) is 25.5 Å². The van der Waals surface area contributed by atoms with Crippen LogP contribution in [0.4, 0.5) is 5.82 Å². The number of fused-ring (bicyclic) bond motifs is 1. The molecule has 6 nitrogen and oxygen atoms in total. The van der Waals surface area contributed by atoms with Gasteiger partial charge in [0.15, 0.2) is 17.3 Å². The largest absolute Gasteiger partial charge is 0.441 e. The maximum Gasteiger partial charge on any atom is 0.192 e. The van der Waals surface area contributed by atoms with Crippen LogP contribution in [0.15, 0.2) is 28.8 Å². The van der Waals surface area contributed by atoms with Gasteiger partial charge in [0, 0.05) is 19.5 Å². The average molecular weight is 241 g/mol. The molecule has 0 atom stereocenters. The molecular formula is C12H11N5O. The third kappa shape index (κ3) is 1.77. The fourth-order valence-corrected chi connectivity index (χ4v) is 1.73. The molecule has 0 aliphatic carbocycles. The van der Waals surface area contributed by atoms with Gasteiger partial charge in [-0.15, -0.1) is 5.10 Å². The Balaban J connectivity index is 2.12. The first-order valence-electron chi connectivity index (χ1n) is 5.51. The molecule has 0 aliphatic heterocycles. The average Bonchev–Trinajstić information content (AvgIpc) is 2.77. The van der Waals surface area contributed by atoms with Gasteiger partial charge in [0.25, 0.3) is 0 Å². The summed E-state index contributed by atoms with van der Waals surface area (Å²) >= 11 is 0. The molecule has 0 saturated heterocycles. The van der Waals surface area contributed by atoms with Crippen molar-refractivity contribution in [1.29, 1.82) is 0 Å². The van der Waals surface area contributed by atoms with Crippen LogP contribution in [0.25, 0.3) is 22.5 Å². The van der Waals surface area contributed by atoms with Crippen LogP contribution in [0.2, 0.25) is 0 Å². The minimum Gasteiger partial charge on any atom is -0.441 e. The van der Waals surface area contributed by atoms with Crippen LogP contribution in [0.3, 0.4) is 0 Å². The minimum absolute atomic E-state index is 0.560. The first-order valence-corrected chi connectivity index (χ1v) is 5.51. The summed E-state index contributed by atoms with van der Waals surface area (Å²) in [5.74, 6) is 1.88. The highest BCUT2D eigenvalue weighted by Gasteiger charge is 2.07. The van der Waals surface area contributed by atoms with E-state index < -0.39 is 0 Å². The highest BCUT2D eigenvalue weighted by molar-refractivity contribution is 5.78. The van der Waals surface area contributed by atoms with Gasteiger partial charge in [0.05, 0.1) is 6.20 Å². The van der Waals surface area contributed by atoms with Gasteiger partial charge in [0.2, 0.25) is 0 Å². The lowest BCUT2D eigenvalue weighted by atomic mass is 10.2. The van der Waals surface area contributed by atoms with Crippen LogP contribution in [-0.4, -0.2) is 27.2 Å². The Morgan fingerprint density at radius 3 is 2.94 bits per heavy atom. The molecule has 90 valence electrons. The van der Waals surface area contributed by atoms with Gasteiger partial charge in [0.1, 0.15) is 11.3 Å². The van der Waals surface area contributed by atoms with Gasteiger partial charge in [-0.25, -0.2) is 9.97 Å². The summed E-state index contributed by atoms with van der Waals surface area (Å²) in [4.78, 5) is 8.62. The third-order valence-electron chi connectivity index (χ3n) is 2.57. The van der Waals surface area contributed by atoms with E-state index in [9.17, 15) is 0 Å². The molecule has 0 bridgehead atoms. The van der Waals surface area contributed by atoms with Gasteiger partial charge in [-0.3, -0.25) is 0 Å². The van der Waals surface area contributed by atoms with Crippen molar-refractivity contribution in [2.45, 2.75) is 6.92 Å². The van der Waals surface area contributed by atoms with Gasteiger partial charge >= 0.3 is 0 Å². The highest BCUT2D eigenvalue weighted by atomic mass is 16.3. The number of rotatable bonds is 2. The molecule has 3 rings (SSSR count). The molecule has 2 heterocycles. The maximum absolute atomic E-state index is 5.42. The van der Waals surface area contributed by atoms with Crippen molar-refractivity contribution in [3.63, 3.8) is 0 Å². The Kier molecular flexibility index (Phi) is 2.40. The molecule has 2 aromatic heterocycles. The zero-order valence-corrected chi connectivity index (χ0v) is 10.0. The Morgan fingerprint density at radius 1 is 1.22 bits per heavy atom. The van der Waals surface area contributed by atoms with E-state index >= 15 is 0 Å². The number of aryl methyl sites for hydroxylation is 1. The normalized spacial score (nSPS) is 10.8. The molecule has 0 radical (unpaired) electrons. The Bertz CT molecular complexity index is 707. The third-order valence-corrected chi connectivity index (χ3v) is 2.57. The van der Waals surface area contributed by atoms with E-state index in [4.69, 9.17) is 4.42 Å². The van der Waals surface area contributed by atoms with E-state index in [1.165, 1.54) is 0 Å². The van der Waals surface area contributed by atoms with Crippen molar-refractivity contribution >= 4 is 16.9 Å². The number of nitrogens with zero attached hydrogens (tertiary/aromatic N) is 4. The molecule has 3 aromatic rings. The number of hydrogen-bond acceptors (Lipinski definition) is 6. The first-order chi connectivity index (χ1) is 8.76. The van der Waals surface area contributed by atoms with Crippen molar-refractivity contribution in [3.05, 3.63) is 30.3 Å². The SMILES string of the molecule is CNc1cnnc(-c2ccc3oc(C)nc3c2)n1. The van der Waals surface area contributed by atoms with Gasteiger partial charge in [-0.2, -0.15) is 5.10 Å². The molecule has 0 unspecified atom stereocenters. The number of hydrogen-bond donors (Lipinski definition) is 1. The lowest BCUT2D eigenvalue weighted by Gasteiger charge is -2.01. The molecule has 0 aliphatic rings. The first kappa shape index (κ1) is 10.6. The van der Waals surface area contributed by atoms with E-state index in [0.717, 1.165) is 16.7 Å². The summed E-state index contributed by atoms with van der Waals surface area (Å²) in [6.45, 7) is 1.82. The van der Waals surface area contributed by atoms with Crippen molar-refractivity contribution in [2.75, 3.05) is 12.4 Å². The van der Waals surface area contributed by atoms with E-state index in [1.54, 1.807) is 13.2 Å². The Morgan fingerprint density at radius 2 is 2.11 bits per heavy atom. The van der Waals surface area contributed by atoms with Crippen LogP contribution in [0, 0.1) is 6.92 Å². The predicted octanol–water partition coefficient (Wildman–Crippen LogP) is 2.03. The van der Waals surface area contributed by atoms with Gasteiger partial charge in [-0.05, 0) is 18.2 Å². The van der Waals surface area contributed by atoms with Crippen molar-refractivity contribution in [1.82, 2.24) is 20.2 Å². The summed E-state index contributed by atoms with van der Waals surface area (Å²) in [7, 11) is 1.79. The molecule has 0 spiro atoms. The van der Waals surface area contributed by atoms with Crippen LogP contribution >= 0.6 is 0 Å². The van der Waals surface area contributed by atoms with Crippen molar-refractivity contribution in [2.24, 2.45) is 0 Å². The Hall–Kier alpha value is -2.50. The second-order valence-electron chi connectivity index (χ2n) is 3.83. The van der Waals surface area contributed by atoms with Crippen LogP contribution < -0.4 is 5.32 Å². The zero-order chi connectivity index (χ0) is 12.5. The summed E-state index contributed by atoms with van der Waals surface area (Å²) in [5.41, 5.74) is 2.41. The number of nitrogens with one attached hydrogen (secondary N) is 1. The van der Waals surface area contributed by atoms with Crippen LogP contribution in [0.1, 0.15) is 5.89 Å². The van der Waals surface area contributed by atoms with Crippen LogP contribution in [-0.2, 0) is 0 Å². The molecule has 0 saturated carbocycles. The molecule has 6 heteroatoms. The number of oxazole rings is 1. The number of anilines is 1. The molecule has 18 heavy (non-hydrogen) atoms. The van der Waals surface area contributed by atoms with Crippen LogP contribution in [0.5, 0.6) is 0 Å². The van der Waals surface area contributed by atoms with Crippen molar-refractivity contribution in [3.8, 4) is 11.4 Å². The van der Waals surface area contributed by atoms with Crippen molar-refractivity contribution < 1.29 is 4.42 Å². The quantitative estimate of drug-likeness (QED) is 0.739. The summed E-state index contributed by atoms with van der Waals surface area (Å²) in [6, 6.07) is 5.64. The summed E-state index contributed by atoms with van der Waals surface area (Å²) in [5, 5.41) is 10.8. The number of aromatic nitrogens is 4. The topological polar surface area (TPSA) is 76.7 Å². The second kappa shape index (κ2) is 4.06. The molecule has 0 amide bonds. The fraction of sp³-hybridized carbons (Fsp3) is 0.167. The van der Waals surface area contributed by atoms with E-state index in [0.29, 0.717) is 17.5 Å². The minimum atomic E-state index is 0.560. The summed E-state index contributed by atoms with van der Waals surface area (Å²) < 4.78 is 5.42. The van der Waals surface area contributed by atoms with E-state index in [-0.39, 0.29) is 0 Å². The van der Waals surface area contributed by atoms with Gasteiger partial charge < -0.3 is 9.73 Å². The second-order valence-corrected chi connectivity index (χ2v) is 3.83. The predicted molar refractivity (Wildman–Crippen MR) is 67.1 cm³/mol. The van der Waals surface area contributed by atoms with Gasteiger partial charge in [-0.1, -0.05) is 0 Å². The number of benzene rings is 1. The fourth-order valence-electron chi connectivity index (χ4n) is 1.73. The smallest absolute Gasteiger partial charge is 0.192 e. The molecule has 1 N–H and O–H groups in total. The molecule has 1 aromatic carbocycles. The molecule has 0 fully saturated rings. The molecular weight excluding hydrogens is 230 g/mol. The highest BCUT2D eigenvalue weighted by Crippen LogP contribution is 2.22. The summed E-state index contributed by atoms with van der Waals surface area (Å²) in [6.07, 6.45) is 1.57. The Labute approximate surface area is 103 Å². The standard InChI is InChI=1S/C12H11N5O/c1-7-15-9-5-8(3-4-10(9)18-7)12-16-11(13-2)6-14-17-12/h3-6H,1-2H3,(H,13,16,17). The van der Waals surface area contributed by atoms with E-state index in [1.807, 2.05) is 25.1 Å². The lowest BCUT2D eigenvalue weighted by molar-refractivity contribution is 0.561. The monoisotopic (exact) mass is 241 g/mol. The maximum atomic E-state index is 5.42. The lowest BCUT2D eigenvalue weighted by Crippen LogP contribution is -1.98.